The maximum Gasteiger partial charge on any atom is 0.194 e. The van der Waals surface area contributed by atoms with Crippen molar-refractivity contribution >= 4 is 11.6 Å². The van der Waals surface area contributed by atoms with Gasteiger partial charge in [0, 0.05) is 18.2 Å². The van der Waals surface area contributed by atoms with E-state index in [0.717, 1.165) is 24.5 Å². The minimum atomic E-state index is 0.669. The summed E-state index contributed by atoms with van der Waals surface area (Å²) in [5, 5.41) is 0. The molecule has 1 fully saturated rings. The van der Waals surface area contributed by atoms with Crippen molar-refractivity contribution < 1.29 is 4.42 Å². The topological polar surface area (TPSA) is 26.0 Å². The zero-order valence-electron chi connectivity index (χ0n) is 6.92. The molecule has 0 unspecified atom stereocenters. The SMILES string of the molecule is ClCCCc1ncc(C2CC2)o1. The molecule has 1 aromatic rings. The molecular formula is C9H12ClNO. The summed E-state index contributed by atoms with van der Waals surface area (Å²) in [7, 11) is 0. The van der Waals surface area contributed by atoms with Gasteiger partial charge < -0.3 is 4.42 Å². The van der Waals surface area contributed by atoms with Gasteiger partial charge in [-0.2, -0.15) is 0 Å². The van der Waals surface area contributed by atoms with Crippen LogP contribution < -0.4 is 0 Å². The van der Waals surface area contributed by atoms with Crippen LogP contribution in [0.25, 0.3) is 0 Å². The second-order valence-corrected chi connectivity index (χ2v) is 3.60. The number of nitrogens with zero attached hydrogens (tertiary/aromatic N) is 1. The van der Waals surface area contributed by atoms with Gasteiger partial charge in [-0.3, -0.25) is 0 Å². The van der Waals surface area contributed by atoms with Crippen molar-refractivity contribution in [3.05, 3.63) is 17.8 Å². The van der Waals surface area contributed by atoms with Crippen LogP contribution in [-0.4, -0.2) is 10.9 Å². The molecule has 0 spiro atoms. The quantitative estimate of drug-likeness (QED) is 0.675. The Labute approximate surface area is 76.9 Å². The molecule has 1 aliphatic carbocycles. The van der Waals surface area contributed by atoms with Gasteiger partial charge in [-0.15, -0.1) is 11.6 Å². The van der Waals surface area contributed by atoms with E-state index < -0.39 is 0 Å². The van der Waals surface area contributed by atoms with Gasteiger partial charge in [0.05, 0.1) is 6.20 Å². The molecule has 0 saturated heterocycles. The Balaban J connectivity index is 1.93. The monoisotopic (exact) mass is 185 g/mol. The van der Waals surface area contributed by atoms with Crippen LogP contribution in [0.1, 0.15) is 36.8 Å². The average Bonchev–Trinajstić information content (AvgIpc) is 2.83. The molecule has 3 heteroatoms. The third-order valence-electron chi connectivity index (χ3n) is 2.08. The zero-order chi connectivity index (χ0) is 8.39. The first-order valence-corrected chi connectivity index (χ1v) is 4.94. The normalized spacial score (nSPS) is 16.8. The first-order valence-electron chi connectivity index (χ1n) is 4.40. The fourth-order valence-corrected chi connectivity index (χ4v) is 1.35. The highest BCUT2D eigenvalue weighted by Gasteiger charge is 2.27. The van der Waals surface area contributed by atoms with Gasteiger partial charge in [0.1, 0.15) is 5.76 Å². The lowest BCUT2D eigenvalue weighted by Gasteiger charge is -1.90. The summed E-state index contributed by atoms with van der Waals surface area (Å²) >= 11 is 5.56. The summed E-state index contributed by atoms with van der Waals surface area (Å²) in [5.74, 6) is 3.26. The third-order valence-corrected chi connectivity index (χ3v) is 2.34. The van der Waals surface area contributed by atoms with Crippen molar-refractivity contribution in [1.82, 2.24) is 4.98 Å². The number of aryl methyl sites for hydroxylation is 1. The van der Waals surface area contributed by atoms with Crippen LogP contribution in [0.2, 0.25) is 0 Å². The van der Waals surface area contributed by atoms with Gasteiger partial charge in [0.25, 0.3) is 0 Å². The molecule has 0 amide bonds. The van der Waals surface area contributed by atoms with E-state index in [1.165, 1.54) is 12.8 Å². The molecule has 2 rings (SSSR count). The van der Waals surface area contributed by atoms with Crippen molar-refractivity contribution in [3.63, 3.8) is 0 Å². The van der Waals surface area contributed by atoms with Gasteiger partial charge in [-0.1, -0.05) is 0 Å². The van der Waals surface area contributed by atoms with Crippen LogP contribution in [0.3, 0.4) is 0 Å². The van der Waals surface area contributed by atoms with Crippen LogP contribution in [-0.2, 0) is 6.42 Å². The molecule has 66 valence electrons. The smallest absolute Gasteiger partial charge is 0.194 e. The zero-order valence-corrected chi connectivity index (χ0v) is 7.68. The molecular weight excluding hydrogens is 174 g/mol. The molecule has 0 aromatic carbocycles. The molecule has 0 N–H and O–H groups in total. The second kappa shape index (κ2) is 3.48. The number of hydrogen-bond acceptors (Lipinski definition) is 2. The summed E-state index contributed by atoms with van der Waals surface area (Å²) in [4.78, 5) is 4.19. The fourth-order valence-electron chi connectivity index (χ4n) is 1.21. The van der Waals surface area contributed by atoms with Crippen molar-refractivity contribution in [2.45, 2.75) is 31.6 Å². The molecule has 12 heavy (non-hydrogen) atoms. The first kappa shape index (κ1) is 8.11. The molecule has 1 aromatic heterocycles. The summed E-state index contributed by atoms with van der Waals surface area (Å²) in [6.45, 7) is 0. The maximum absolute atomic E-state index is 5.56. The number of alkyl halides is 1. The van der Waals surface area contributed by atoms with E-state index in [1.54, 1.807) is 0 Å². The van der Waals surface area contributed by atoms with Gasteiger partial charge >= 0.3 is 0 Å². The summed E-state index contributed by atoms with van der Waals surface area (Å²) in [5.41, 5.74) is 0. The largest absolute Gasteiger partial charge is 0.445 e. The highest BCUT2D eigenvalue weighted by Crippen LogP contribution is 2.40. The molecule has 0 atom stereocenters. The molecule has 0 radical (unpaired) electrons. The number of halogens is 1. The Morgan fingerprint density at radius 2 is 2.42 bits per heavy atom. The maximum atomic E-state index is 5.56. The molecule has 1 aliphatic rings. The Morgan fingerprint density at radius 3 is 3.08 bits per heavy atom. The molecule has 1 saturated carbocycles. The van der Waals surface area contributed by atoms with E-state index in [4.69, 9.17) is 16.0 Å². The minimum absolute atomic E-state index is 0.669. The molecule has 2 nitrogen and oxygen atoms in total. The highest BCUT2D eigenvalue weighted by atomic mass is 35.5. The Kier molecular flexibility index (Phi) is 2.35. The predicted molar refractivity (Wildman–Crippen MR) is 47.5 cm³/mol. The van der Waals surface area contributed by atoms with Crippen LogP contribution >= 0.6 is 11.6 Å². The number of hydrogen-bond donors (Lipinski definition) is 0. The van der Waals surface area contributed by atoms with E-state index in [1.807, 2.05) is 6.20 Å². The minimum Gasteiger partial charge on any atom is -0.445 e. The average molecular weight is 186 g/mol. The van der Waals surface area contributed by atoms with E-state index in [2.05, 4.69) is 4.98 Å². The van der Waals surface area contributed by atoms with Gasteiger partial charge in [0.15, 0.2) is 5.89 Å². The standard InChI is InChI=1S/C9H12ClNO/c10-5-1-2-9-11-6-8(12-9)7-3-4-7/h6-7H,1-5H2. The molecule has 0 aliphatic heterocycles. The molecule has 1 heterocycles. The Bertz CT molecular complexity index is 255. The third kappa shape index (κ3) is 1.81. The van der Waals surface area contributed by atoms with Crippen LogP contribution in [0, 0.1) is 0 Å². The first-order chi connectivity index (χ1) is 5.90. The van der Waals surface area contributed by atoms with Gasteiger partial charge in [0.2, 0.25) is 0 Å². The summed E-state index contributed by atoms with van der Waals surface area (Å²) < 4.78 is 5.54. The summed E-state index contributed by atoms with van der Waals surface area (Å²) in [6, 6.07) is 0. The van der Waals surface area contributed by atoms with Crippen LogP contribution in [0.5, 0.6) is 0 Å². The van der Waals surface area contributed by atoms with Gasteiger partial charge in [-0.05, 0) is 19.3 Å². The van der Waals surface area contributed by atoms with E-state index >= 15 is 0 Å². The lowest BCUT2D eigenvalue weighted by molar-refractivity contribution is 0.454. The van der Waals surface area contributed by atoms with Gasteiger partial charge in [-0.25, -0.2) is 4.98 Å². The van der Waals surface area contributed by atoms with Crippen molar-refractivity contribution in [3.8, 4) is 0 Å². The van der Waals surface area contributed by atoms with Crippen molar-refractivity contribution in [1.29, 1.82) is 0 Å². The van der Waals surface area contributed by atoms with Crippen LogP contribution in [0.15, 0.2) is 10.6 Å². The number of rotatable bonds is 4. The molecule has 0 bridgehead atoms. The van der Waals surface area contributed by atoms with Crippen molar-refractivity contribution in [2.24, 2.45) is 0 Å². The predicted octanol–water partition coefficient (Wildman–Crippen LogP) is 2.72. The lowest BCUT2D eigenvalue weighted by Crippen LogP contribution is -1.84. The highest BCUT2D eigenvalue weighted by molar-refractivity contribution is 6.17. The fraction of sp³-hybridized carbons (Fsp3) is 0.667. The number of aromatic nitrogens is 1. The Hall–Kier alpha value is -0.500. The summed E-state index contributed by atoms with van der Waals surface area (Å²) in [6.07, 6.45) is 6.22. The van der Waals surface area contributed by atoms with E-state index in [-0.39, 0.29) is 0 Å². The Morgan fingerprint density at radius 1 is 1.58 bits per heavy atom. The van der Waals surface area contributed by atoms with Crippen LogP contribution in [0.4, 0.5) is 0 Å². The van der Waals surface area contributed by atoms with Crippen molar-refractivity contribution in [2.75, 3.05) is 5.88 Å². The van der Waals surface area contributed by atoms with E-state index in [9.17, 15) is 0 Å². The lowest BCUT2D eigenvalue weighted by atomic mass is 10.3. The second-order valence-electron chi connectivity index (χ2n) is 3.22. The number of oxazole rings is 1. The van der Waals surface area contributed by atoms with E-state index in [0.29, 0.717) is 11.8 Å².